The van der Waals surface area contributed by atoms with Crippen LogP contribution < -0.4 is 10.1 Å². The number of hydrogen-bond acceptors (Lipinski definition) is 3. The number of ether oxygens (including phenoxy) is 1. The van der Waals surface area contributed by atoms with E-state index in [9.17, 15) is 4.79 Å². The molecule has 1 heterocycles. The molecule has 1 amide bonds. The number of para-hydroxylation sites is 2. The predicted molar refractivity (Wildman–Crippen MR) is 91.7 cm³/mol. The summed E-state index contributed by atoms with van der Waals surface area (Å²) in [4.78, 5) is 14.3. The molecular formula is C19H22N2O2. The largest absolute Gasteiger partial charge is 0.493 e. The highest BCUT2D eigenvalue weighted by molar-refractivity contribution is 6.01. The molecular weight excluding hydrogens is 288 g/mol. The fraction of sp³-hybridized carbons (Fsp3) is 0.316. The van der Waals surface area contributed by atoms with Crippen LogP contribution in [0.4, 0.5) is 5.69 Å². The maximum absolute atomic E-state index is 12.6. The summed E-state index contributed by atoms with van der Waals surface area (Å²) in [6.07, 6.45) is 1.88. The van der Waals surface area contributed by atoms with Gasteiger partial charge in [0.1, 0.15) is 11.9 Å². The summed E-state index contributed by atoms with van der Waals surface area (Å²) < 4.78 is 5.92. The number of unbranched alkanes of at least 4 members (excludes halogenated alkanes) is 1. The monoisotopic (exact) mass is 310 g/mol. The summed E-state index contributed by atoms with van der Waals surface area (Å²) in [7, 11) is 1.82. The van der Waals surface area contributed by atoms with E-state index in [0.29, 0.717) is 12.2 Å². The SMILES string of the molecule is CCCCOc1ccccc1C1Nc2ccccc2C(=O)N1C. The molecule has 0 spiro atoms. The number of nitrogens with one attached hydrogen (secondary N) is 1. The van der Waals surface area contributed by atoms with Gasteiger partial charge in [-0.05, 0) is 24.6 Å². The Bertz CT molecular complexity index is 699. The van der Waals surface area contributed by atoms with E-state index in [4.69, 9.17) is 4.74 Å². The van der Waals surface area contributed by atoms with E-state index in [-0.39, 0.29) is 12.1 Å². The number of carbonyl (C=O) groups is 1. The number of anilines is 1. The second-order valence-electron chi connectivity index (χ2n) is 5.75. The van der Waals surface area contributed by atoms with Gasteiger partial charge in [-0.1, -0.05) is 43.7 Å². The van der Waals surface area contributed by atoms with E-state index in [1.165, 1.54) is 0 Å². The van der Waals surface area contributed by atoms with Crippen LogP contribution >= 0.6 is 0 Å². The van der Waals surface area contributed by atoms with Crippen molar-refractivity contribution in [3.05, 3.63) is 59.7 Å². The van der Waals surface area contributed by atoms with Crippen LogP contribution in [0.5, 0.6) is 5.75 Å². The Hall–Kier alpha value is -2.49. The number of nitrogens with zero attached hydrogens (tertiary/aromatic N) is 1. The van der Waals surface area contributed by atoms with Crippen LogP contribution in [0.3, 0.4) is 0 Å². The second-order valence-corrected chi connectivity index (χ2v) is 5.75. The van der Waals surface area contributed by atoms with Crippen molar-refractivity contribution >= 4 is 11.6 Å². The van der Waals surface area contributed by atoms with E-state index < -0.39 is 0 Å². The highest BCUT2D eigenvalue weighted by Crippen LogP contribution is 2.35. The Morgan fingerprint density at radius 3 is 2.70 bits per heavy atom. The molecule has 1 aliphatic heterocycles. The molecule has 0 radical (unpaired) electrons. The zero-order valence-electron chi connectivity index (χ0n) is 13.6. The van der Waals surface area contributed by atoms with Gasteiger partial charge in [0.2, 0.25) is 0 Å². The van der Waals surface area contributed by atoms with Crippen molar-refractivity contribution in [1.29, 1.82) is 0 Å². The number of carbonyl (C=O) groups excluding carboxylic acids is 1. The average Bonchev–Trinajstić information content (AvgIpc) is 2.59. The Morgan fingerprint density at radius 2 is 1.87 bits per heavy atom. The van der Waals surface area contributed by atoms with Gasteiger partial charge in [0.05, 0.1) is 12.2 Å². The number of fused-ring (bicyclic) bond motifs is 1. The van der Waals surface area contributed by atoms with Gasteiger partial charge in [0.15, 0.2) is 0 Å². The van der Waals surface area contributed by atoms with Crippen LogP contribution in [0.2, 0.25) is 0 Å². The molecule has 1 aliphatic rings. The topological polar surface area (TPSA) is 41.6 Å². The lowest BCUT2D eigenvalue weighted by Gasteiger charge is -2.36. The molecule has 1 atom stereocenters. The minimum Gasteiger partial charge on any atom is -0.493 e. The van der Waals surface area contributed by atoms with E-state index in [2.05, 4.69) is 12.2 Å². The van der Waals surface area contributed by atoms with Crippen LogP contribution in [0, 0.1) is 0 Å². The van der Waals surface area contributed by atoms with Crippen LogP contribution in [-0.4, -0.2) is 24.5 Å². The fourth-order valence-corrected chi connectivity index (χ4v) is 2.80. The normalized spacial score (nSPS) is 16.7. The smallest absolute Gasteiger partial charge is 0.257 e. The summed E-state index contributed by atoms with van der Waals surface area (Å²) in [5.74, 6) is 0.852. The van der Waals surface area contributed by atoms with Gasteiger partial charge in [-0.3, -0.25) is 4.79 Å². The van der Waals surface area contributed by atoms with Crippen LogP contribution in [0.1, 0.15) is 41.9 Å². The summed E-state index contributed by atoms with van der Waals surface area (Å²) in [6.45, 7) is 2.83. The van der Waals surface area contributed by atoms with Crippen LogP contribution in [0.25, 0.3) is 0 Å². The number of hydrogen-bond donors (Lipinski definition) is 1. The Morgan fingerprint density at radius 1 is 1.13 bits per heavy atom. The van der Waals surface area contributed by atoms with Crippen molar-refractivity contribution in [3.8, 4) is 5.75 Å². The second kappa shape index (κ2) is 6.73. The van der Waals surface area contributed by atoms with E-state index in [0.717, 1.165) is 29.8 Å². The lowest BCUT2D eigenvalue weighted by molar-refractivity contribution is 0.0733. The third-order valence-electron chi connectivity index (χ3n) is 4.13. The van der Waals surface area contributed by atoms with Gasteiger partial charge < -0.3 is 15.0 Å². The van der Waals surface area contributed by atoms with Gasteiger partial charge in [-0.2, -0.15) is 0 Å². The van der Waals surface area contributed by atoms with E-state index in [1.54, 1.807) is 4.90 Å². The number of benzene rings is 2. The van der Waals surface area contributed by atoms with Gasteiger partial charge in [-0.15, -0.1) is 0 Å². The molecule has 1 N–H and O–H groups in total. The van der Waals surface area contributed by atoms with Crippen LogP contribution in [-0.2, 0) is 0 Å². The lowest BCUT2D eigenvalue weighted by Crippen LogP contribution is -2.40. The molecule has 0 aliphatic carbocycles. The first kappa shape index (κ1) is 15.4. The lowest BCUT2D eigenvalue weighted by atomic mass is 10.0. The maximum atomic E-state index is 12.6. The zero-order valence-corrected chi connectivity index (χ0v) is 13.6. The third kappa shape index (κ3) is 3.02. The minimum atomic E-state index is -0.227. The molecule has 0 saturated carbocycles. The molecule has 2 aromatic rings. The average molecular weight is 310 g/mol. The van der Waals surface area contributed by atoms with Gasteiger partial charge in [0, 0.05) is 18.3 Å². The number of rotatable bonds is 5. The van der Waals surface area contributed by atoms with Crippen LogP contribution in [0.15, 0.2) is 48.5 Å². The first-order valence-electron chi connectivity index (χ1n) is 8.07. The maximum Gasteiger partial charge on any atom is 0.257 e. The van der Waals surface area contributed by atoms with Gasteiger partial charge in [0.25, 0.3) is 5.91 Å². The first-order valence-corrected chi connectivity index (χ1v) is 8.07. The van der Waals surface area contributed by atoms with Crippen molar-refractivity contribution in [2.75, 3.05) is 19.0 Å². The standard InChI is InChI=1S/C19H22N2O2/c1-3-4-13-23-17-12-8-6-10-15(17)18-20-16-11-7-5-9-14(16)19(22)21(18)2/h5-12,18,20H,3-4,13H2,1-2H3. The summed E-state index contributed by atoms with van der Waals surface area (Å²) in [5, 5.41) is 3.45. The first-order chi connectivity index (χ1) is 11.2. The fourth-order valence-electron chi connectivity index (χ4n) is 2.80. The van der Waals surface area contributed by atoms with Crippen molar-refractivity contribution in [3.63, 3.8) is 0 Å². The van der Waals surface area contributed by atoms with Crippen molar-refractivity contribution < 1.29 is 9.53 Å². The zero-order chi connectivity index (χ0) is 16.2. The summed E-state index contributed by atoms with van der Waals surface area (Å²) in [6, 6.07) is 15.5. The molecule has 1 unspecified atom stereocenters. The third-order valence-corrected chi connectivity index (χ3v) is 4.13. The highest BCUT2D eigenvalue weighted by Gasteiger charge is 2.31. The molecule has 0 fully saturated rings. The van der Waals surface area contributed by atoms with E-state index >= 15 is 0 Å². The quantitative estimate of drug-likeness (QED) is 0.847. The van der Waals surface area contributed by atoms with Gasteiger partial charge >= 0.3 is 0 Å². The minimum absolute atomic E-state index is 0.0210. The number of amides is 1. The molecule has 3 rings (SSSR count). The Kier molecular flexibility index (Phi) is 4.51. The van der Waals surface area contributed by atoms with E-state index in [1.807, 2.05) is 55.6 Å². The molecule has 4 heteroatoms. The van der Waals surface area contributed by atoms with Crippen molar-refractivity contribution in [2.24, 2.45) is 0 Å². The van der Waals surface area contributed by atoms with Crippen molar-refractivity contribution in [1.82, 2.24) is 4.90 Å². The molecule has 23 heavy (non-hydrogen) atoms. The molecule has 0 saturated heterocycles. The predicted octanol–water partition coefficient (Wildman–Crippen LogP) is 4.06. The summed E-state index contributed by atoms with van der Waals surface area (Å²) >= 11 is 0. The molecule has 4 nitrogen and oxygen atoms in total. The molecule has 120 valence electrons. The summed E-state index contributed by atoms with van der Waals surface area (Å²) in [5.41, 5.74) is 2.55. The van der Waals surface area contributed by atoms with Gasteiger partial charge in [-0.25, -0.2) is 0 Å². The molecule has 0 aromatic heterocycles. The Balaban J connectivity index is 1.92. The van der Waals surface area contributed by atoms with Crippen molar-refractivity contribution in [2.45, 2.75) is 25.9 Å². The Labute approximate surface area is 137 Å². The highest BCUT2D eigenvalue weighted by atomic mass is 16.5. The molecule has 0 bridgehead atoms. The molecule has 2 aromatic carbocycles.